The highest BCUT2D eigenvalue weighted by atomic mass is 79.9. The Morgan fingerprint density at radius 2 is 2.00 bits per heavy atom. The molecule has 2 saturated heterocycles. The highest BCUT2D eigenvalue weighted by molar-refractivity contribution is 9.09. The van der Waals surface area contributed by atoms with E-state index in [9.17, 15) is 4.79 Å². The van der Waals surface area contributed by atoms with Crippen molar-refractivity contribution in [2.24, 2.45) is 5.92 Å². The lowest BCUT2D eigenvalue weighted by molar-refractivity contribution is -0.120. The van der Waals surface area contributed by atoms with Crippen molar-refractivity contribution < 1.29 is 4.79 Å². The molecule has 0 aromatic heterocycles. The van der Waals surface area contributed by atoms with E-state index in [1.807, 2.05) is 0 Å². The molecule has 16 heavy (non-hydrogen) atoms. The molecule has 92 valence electrons. The van der Waals surface area contributed by atoms with Gasteiger partial charge in [-0.2, -0.15) is 0 Å². The third kappa shape index (κ3) is 2.77. The molecule has 2 aliphatic rings. The Bertz CT molecular complexity index is 245. The lowest BCUT2D eigenvalue weighted by atomic mass is 9.91. The van der Waals surface area contributed by atoms with Crippen LogP contribution in [0.5, 0.6) is 0 Å². The number of carbonyl (C=O) groups excluding carboxylic acids is 1. The van der Waals surface area contributed by atoms with Crippen LogP contribution < -0.4 is 5.32 Å². The van der Waals surface area contributed by atoms with Crippen molar-refractivity contribution in [3.63, 3.8) is 0 Å². The van der Waals surface area contributed by atoms with E-state index < -0.39 is 0 Å². The van der Waals surface area contributed by atoms with Crippen LogP contribution in [0.15, 0.2) is 0 Å². The Balaban J connectivity index is 1.74. The van der Waals surface area contributed by atoms with Crippen molar-refractivity contribution in [3.8, 4) is 0 Å². The summed E-state index contributed by atoms with van der Waals surface area (Å²) < 4.78 is 0. The number of nitrogens with zero attached hydrogens (tertiary/aromatic N) is 1. The molecule has 1 N–H and O–H groups in total. The average molecular weight is 289 g/mol. The third-order valence-corrected chi connectivity index (χ3v) is 4.50. The van der Waals surface area contributed by atoms with E-state index in [2.05, 4.69) is 33.2 Å². The summed E-state index contributed by atoms with van der Waals surface area (Å²) in [5, 5.41) is 3.81. The zero-order valence-electron chi connectivity index (χ0n) is 9.92. The van der Waals surface area contributed by atoms with Crippen LogP contribution in [0.3, 0.4) is 0 Å². The van der Waals surface area contributed by atoms with Crippen molar-refractivity contribution in [1.82, 2.24) is 10.2 Å². The van der Waals surface area contributed by atoms with Crippen LogP contribution in [0.1, 0.15) is 32.1 Å². The van der Waals surface area contributed by atoms with Gasteiger partial charge in [-0.1, -0.05) is 15.9 Å². The number of hydrogen-bond acceptors (Lipinski definition) is 2. The number of amides is 1. The molecular formula is C12H21BrN2O. The number of halogens is 1. The fourth-order valence-electron chi connectivity index (χ4n) is 3.12. The number of alkyl halides is 1. The van der Waals surface area contributed by atoms with Crippen molar-refractivity contribution >= 4 is 21.8 Å². The lowest BCUT2D eigenvalue weighted by Crippen LogP contribution is -2.43. The fraction of sp³-hybridized carbons (Fsp3) is 0.917. The molecule has 0 spiro atoms. The number of hydrogen-bond donors (Lipinski definition) is 1. The average Bonchev–Trinajstić information content (AvgIpc) is 2.52. The van der Waals surface area contributed by atoms with Gasteiger partial charge in [0.1, 0.15) is 0 Å². The van der Waals surface area contributed by atoms with Crippen LogP contribution in [-0.4, -0.2) is 41.8 Å². The van der Waals surface area contributed by atoms with Crippen LogP contribution in [0.25, 0.3) is 0 Å². The second kappa shape index (κ2) is 5.50. The van der Waals surface area contributed by atoms with Crippen molar-refractivity contribution in [2.45, 2.75) is 44.2 Å². The predicted octanol–water partition coefficient (Wildman–Crippen LogP) is 1.76. The summed E-state index contributed by atoms with van der Waals surface area (Å²) in [6.07, 6.45) is 5.84. The molecule has 0 aromatic rings. The number of fused-ring (bicyclic) bond motifs is 2. The van der Waals surface area contributed by atoms with E-state index in [1.54, 1.807) is 0 Å². The molecule has 2 unspecified atom stereocenters. The maximum absolute atomic E-state index is 11.4. The fourth-order valence-corrected chi connectivity index (χ4v) is 3.48. The third-order valence-electron chi connectivity index (χ3n) is 4.11. The SMILES string of the molecule is CN1C2CCC1CC(CNC(=O)CCBr)C2. The first-order valence-electron chi connectivity index (χ1n) is 6.25. The van der Waals surface area contributed by atoms with Crippen LogP contribution in [-0.2, 0) is 4.79 Å². The van der Waals surface area contributed by atoms with E-state index in [1.165, 1.54) is 25.7 Å². The molecule has 0 aliphatic carbocycles. The summed E-state index contributed by atoms with van der Waals surface area (Å²) in [4.78, 5) is 13.9. The summed E-state index contributed by atoms with van der Waals surface area (Å²) >= 11 is 3.29. The molecule has 1 amide bonds. The Hall–Kier alpha value is -0.0900. The molecule has 0 radical (unpaired) electrons. The Morgan fingerprint density at radius 1 is 1.38 bits per heavy atom. The molecule has 0 aromatic carbocycles. The summed E-state index contributed by atoms with van der Waals surface area (Å²) in [6.45, 7) is 0.882. The molecule has 0 saturated carbocycles. The van der Waals surface area contributed by atoms with Crippen LogP contribution in [0.2, 0.25) is 0 Å². The number of piperidine rings is 1. The van der Waals surface area contributed by atoms with E-state index in [0.29, 0.717) is 12.3 Å². The van der Waals surface area contributed by atoms with Gasteiger partial charge in [-0.05, 0) is 38.6 Å². The van der Waals surface area contributed by atoms with Gasteiger partial charge in [0, 0.05) is 30.4 Å². The van der Waals surface area contributed by atoms with Gasteiger partial charge in [0.2, 0.25) is 5.91 Å². The van der Waals surface area contributed by atoms with E-state index in [4.69, 9.17) is 0 Å². The zero-order chi connectivity index (χ0) is 11.5. The molecule has 2 aliphatic heterocycles. The van der Waals surface area contributed by atoms with Gasteiger partial charge in [0.05, 0.1) is 0 Å². The molecule has 3 nitrogen and oxygen atoms in total. The first kappa shape index (κ1) is 12.4. The topological polar surface area (TPSA) is 32.3 Å². The molecule has 2 rings (SSSR count). The Morgan fingerprint density at radius 3 is 2.56 bits per heavy atom. The Labute approximate surface area is 106 Å². The van der Waals surface area contributed by atoms with Gasteiger partial charge in [-0.3, -0.25) is 4.79 Å². The smallest absolute Gasteiger partial charge is 0.220 e. The first-order valence-corrected chi connectivity index (χ1v) is 7.37. The van der Waals surface area contributed by atoms with E-state index in [-0.39, 0.29) is 5.91 Å². The molecule has 2 bridgehead atoms. The zero-order valence-corrected chi connectivity index (χ0v) is 11.5. The quantitative estimate of drug-likeness (QED) is 0.800. The van der Waals surface area contributed by atoms with Crippen LogP contribution in [0, 0.1) is 5.92 Å². The van der Waals surface area contributed by atoms with Gasteiger partial charge in [0.25, 0.3) is 0 Å². The van der Waals surface area contributed by atoms with E-state index in [0.717, 1.165) is 24.0 Å². The number of carbonyl (C=O) groups is 1. The van der Waals surface area contributed by atoms with Gasteiger partial charge in [-0.25, -0.2) is 0 Å². The van der Waals surface area contributed by atoms with Crippen molar-refractivity contribution in [3.05, 3.63) is 0 Å². The predicted molar refractivity (Wildman–Crippen MR) is 68.7 cm³/mol. The molecule has 2 heterocycles. The summed E-state index contributed by atoms with van der Waals surface area (Å²) in [5.41, 5.74) is 0. The van der Waals surface area contributed by atoms with Gasteiger partial charge < -0.3 is 10.2 Å². The summed E-state index contributed by atoms with van der Waals surface area (Å²) in [6, 6.07) is 1.55. The van der Waals surface area contributed by atoms with Gasteiger partial charge in [0.15, 0.2) is 0 Å². The second-order valence-electron chi connectivity index (χ2n) is 5.13. The van der Waals surface area contributed by atoms with Gasteiger partial charge >= 0.3 is 0 Å². The van der Waals surface area contributed by atoms with Gasteiger partial charge in [-0.15, -0.1) is 0 Å². The maximum Gasteiger partial charge on any atom is 0.220 e. The highest BCUT2D eigenvalue weighted by Gasteiger charge is 2.38. The minimum absolute atomic E-state index is 0.183. The first-order chi connectivity index (χ1) is 7.70. The molecule has 4 heteroatoms. The number of nitrogens with one attached hydrogen (secondary N) is 1. The second-order valence-corrected chi connectivity index (χ2v) is 5.92. The normalized spacial score (nSPS) is 34.0. The number of rotatable bonds is 4. The lowest BCUT2D eigenvalue weighted by Gasteiger charge is -2.36. The van der Waals surface area contributed by atoms with Crippen LogP contribution in [0.4, 0.5) is 0 Å². The molecule has 2 atom stereocenters. The summed E-state index contributed by atoms with van der Waals surface area (Å²) in [7, 11) is 2.25. The van der Waals surface area contributed by atoms with Crippen LogP contribution >= 0.6 is 15.9 Å². The van der Waals surface area contributed by atoms with Crippen molar-refractivity contribution in [2.75, 3.05) is 18.9 Å². The van der Waals surface area contributed by atoms with E-state index >= 15 is 0 Å². The Kier molecular flexibility index (Phi) is 4.25. The molecular weight excluding hydrogens is 268 g/mol. The minimum Gasteiger partial charge on any atom is -0.356 e. The maximum atomic E-state index is 11.4. The molecule has 2 fully saturated rings. The van der Waals surface area contributed by atoms with Crippen molar-refractivity contribution in [1.29, 1.82) is 0 Å². The standard InChI is InChI=1S/C12H21BrN2O/c1-15-10-2-3-11(15)7-9(6-10)8-14-12(16)4-5-13/h9-11H,2-8H2,1H3,(H,14,16). The monoisotopic (exact) mass is 288 g/mol. The summed E-state index contributed by atoms with van der Waals surface area (Å²) in [5.74, 6) is 0.885. The minimum atomic E-state index is 0.183. The largest absolute Gasteiger partial charge is 0.356 e. The highest BCUT2D eigenvalue weighted by Crippen LogP contribution is 2.36.